The van der Waals surface area contributed by atoms with Gasteiger partial charge in [-0.25, -0.2) is 9.98 Å². The lowest BCUT2D eigenvalue weighted by molar-refractivity contribution is 0.662. The Labute approximate surface area is 274 Å². The van der Waals surface area contributed by atoms with Gasteiger partial charge >= 0.3 is 0 Å². The van der Waals surface area contributed by atoms with Gasteiger partial charge in [-0.15, -0.1) is 0 Å². The lowest BCUT2D eigenvalue weighted by Gasteiger charge is -2.24. The molecule has 10 rings (SSSR count). The number of aromatic nitrogens is 1. The van der Waals surface area contributed by atoms with Crippen molar-refractivity contribution >= 4 is 66.3 Å². The average molecular weight is 619 g/mol. The first-order chi connectivity index (χ1) is 23.8. The highest BCUT2D eigenvalue weighted by Gasteiger charge is 2.24. The van der Waals surface area contributed by atoms with E-state index in [0.29, 0.717) is 5.84 Å². The normalized spacial score (nSPS) is 14.9. The Morgan fingerprint density at radius 3 is 2.12 bits per heavy atom. The van der Waals surface area contributed by atoms with Crippen molar-refractivity contribution in [2.75, 3.05) is 0 Å². The minimum absolute atomic E-state index is 0.373. The molecule has 0 fully saturated rings. The first kappa shape index (κ1) is 26.7. The Morgan fingerprint density at radius 2 is 1.25 bits per heavy atom. The molecule has 6 nitrogen and oxygen atoms in total. The largest absolute Gasteiger partial charge is 0.456 e. The van der Waals surface area contributed by atoms with Crippen molar-refractivity contribution in [3.8, 4) is 11.1 Å². The number of benzene rings is 6. The SMILES string of the molecule is c1ccc(C2=NC(c3cccc4oc5ccccc5c34)NC(c3ccc(-c4cncc5oc6cc7ccccc7cc6c45)cc3)=N2)cc1. The molecule has 0 spiro atoms. The lowest BCUT2D eigenvalue weighted by atomic mass is 9.98. The highest BCUT2D eigenvalue weighted by molar-refractivity contribution is 6.16. The molecule has 1 unspecified atom stereocenters. The average Bonchev–Trinajstić information content (AvgIpc) is 3.72. The second-order valence-electron chi connectivity index (χ2n) is 12.1. The third-order valence-corrected chi connectivity index (χ3v) is 9.22. The molecule has 0 saturated heterocycles. The minimum Gasteiger partial charge on any atom is -0.456 e. The van der Waals surface area contributed by atoms with Crippen LogP contribution in [0.3, 0.4) is 0 Å². The van der Waals surface area contributed by atoms with Gasteiger partial charge in [0.2, 0.25) is 0 Å². The molecule has 226 valence electrons. The van der Waals surface area contributed by atoms with Crippen LogP contribution >= 0.6 is 0 Å². The predicted molar refractivity (Wildman–Crippen MR) is 194 cm³/mol. The molecule has 0 bridgehead atoms. The lowest BCUT2D eigenvalue weighted by Crippen LogP contribution is -2.33. The first-order valence-electron chi connectivity index (χ1n) is 16.0. The van der Waals surface area contributed by atoms with Crippen molar-refractivity contribution in [2.45, 2.75) is 6.17 Å². The number of aliphatic imine (C=N–C) groups is 2. The number of hydrogen-bond acceptors (Lipinski definition) is 6. The molecule has 1 N–H and O–H groups in total. The van der Waals surface area contributed by atoms with E-state index in [0.717, 1.165) is 82.9 Å². The second-order valence-corrected chi connectivity index (χ2v) is 12.1. The molecule has 0 amide bonds. The van der Waals surface area contributed by atoms with Gasteiger partial charge in [-0.2, -0.15) is 0 Å². The number of hydrogen-bond donors (Lipinski definition) is 1. The van der Waals surface area contributed by atoms with Gasteiger partial charge in [0.1, 0.15) is 28.8 Å². The Hall–Kier alpha value is -6.53. The Bertz CT molecular complexity index is 2760. The Balaban J connectivity index is 1.08. The van der Waals surface area contributed by atoms with Crippen LogP contribution in [0.2, 0.25) is 0 Å². The molecule has 1 aliphatic heterocycles. The Morgan fingerprint density at radius 1 is 0.521 bits per heavy atom. The number of pyridine rings is 1. The van der Waals surface area contributed by atoms with Crippen LogP contribution in [0.4, 0.5) is 0 Å². The van der Waals surface area contributed by atoms with E-state index in [1.165, 1.54) is 5.39 Å². The van der Waals surface area contributed by atoms with Crippen molar-refractivity contribution in [2.24, 2.45) is 9.98 Å². The zero-order valence-electron chi connectivity index (χ0n) is 25.6. The summed E-state index contributed by atoms with van der Waals surface area (Å²) < 4.78 is 12.5. The van der Waals surface area contributed by atoms with Gasteiger partial charge in [0.15, 0.2) is 11.4 Å². The smallest absolute Gasteiger partial charge is 0.159 e. The maximum absolute atomic E-state index is 6.29. The summed E-state index contributed by atoms with van der Waals surface area (Å²) in [4.78, 5) is 14.7. The van der Waals surface area contributed by atoms with Crippen molar-refractivity contribution in [1.82, 2.24) is 10.3 Å². The highest BCUT2D eigenvalue weighted by Crippen LogP contribution is 2.39. The summed E-state index contributed by atoms with van der Waals surface area (Å²) in [6, 6.07) is 45.6. The standard InChI is InChI=1S/C42H26N4O2/c1-2-9-26(10-3-1)40-44-41(46-42(45-40)31-14-8-16-35-38(31)30-13-6-7-15-34(30)47-35)27-19-17-25(18-20-27)33-23-43-24-37-39(33)32-21-28-11-4-5-12-29(28)22-36(32)48-37/h1-24,42H,(H,44,45,46). The van der Waals surface area contributed by atoms with Gasteiger partial charge in [0, 0.05) is 50.0 Å². The van der Waals surface area contributed by atoms with E-state index in [4.69, 9.17) is 18.8 Å². The summed E-state index contributed by atoms with van der Waals surface area (Å²) in [5.41, 5.74) is 8.34. The fourth-order valence-electron chi connectivity index (χ4n) is 6.94. The Kier molecular flexibility index (Phi) is 5.84. The number of para-hydroxylation sites is 1. The van der Waals surface area contributed by atoms with E-state index >= 15 is 0 Å². The number of nitrogens with zero attached hydrogens (tertiary/aromatic N) is 3. The molecule has 0 radical (unpaired) electrons. The summed E-state index contributed by atoms with van der Waals surface area (Å²) in [7, 11) is 0. The third-order valence-electron chi connectivity index (χ3n) is 9.22. The molecule has 0 saturated carbocycles. The van der Waals surface area contributed by atoms with E-state index in [-0.39, 0.29) is 6.17 Å². The number of rotatable bonds is 4. The second kappa shape index (κ2) is 10.5. The van der Waals surface area contributed by atoms with Gasteiger partial charge < -0.3 is 14.2 Å². The quantitative estimate of drug-likeness (QED) is 0.213. The highest BCUT2D eigenvalue weighted by atomic mass is 16.3. The third kappa shape index (κ3) is 4.23. The molecule has 1 atom stereocenters. The van der Waals surface area contributed by atoms with Gasteiger partial charge in [0.25, 0.3) is 0 Å². The predicted octanol–water partition coefficient (Wildman–Crippen LogP) is 10.2. The van der Waals surface area contributed by atoms with Crippen LogP contribution in [0.25, 0.3) is 65.8 Å². The van der Waals surface area contributed by atoms with Crippen LogP contribution in [0, 0.1) is 0 Å². The molecule has 9 aromatic rings. The van der Waals surface area contributed by atoms with E-state index in [9.17, 15) is 0 Å². The maximum Gasteiger partial charge on any atom is 0.159 e. The van der Waals surface area contributed by atoms with Gasteiger partial charge in [0.05, 0.1) is 6.20 Å². The van der Waals surface area contributed by atoms with Crippen LogP contribution in [-0.4, -0.2) is 16.7 Å². The van der Waals surface area contributed by atoms with Crippen molar-refractivity contribution in [1.29, 1.82) is 0 Å². The van der Waals surface area contributed by atoms with Crippen molar-refractivity contribution < 1.29 is 8.83 Å². The zero-order chi connectivity index (χ0) is 31.6. The van der Waals surface area contributed by atoms with E-state index in [1.54, 1.807) is 6.20 Å². The molecule has 4 heterocycles. The summed E-state index contributed by atoms with van der Waals surface area (Å²) in [6.45, 7) is 0. The fourth-order valence-corrected chi connectivity index (χ4v) is 6.94. The monoisotopic (exact) mass is 618 g/mol. The van der Waals surface area contributed by atoms with E-state index < -0.39 is 0 Å². The zero-order valence-corrected chi connectivity index (χ0v) is 25.6. The van der Waals surface area contributed by atoms with Crippen LogP contribution in [-0.2, 0) is 0 Å². The van der Waals surface area contributed by atoms with Crippen LogP contribution in [0.15, 0.2) is 165 Å². The van der Waals surface area contributed by atoms with Crippen LogP contribution < -0.4 is 5.32 Å². The van der Waals surface area contributed by atoms with E-state index in [2.05, 4.69) is 77.0 Å². The molecule has 0 aliphatic carbocycles. The maximum atomic E-state index is 6.29. The molecule has 3 aromatic heterocycles. The summed E-state index contributed by atoms with van der Waals surface area (Å²) in [5, 5.41) is 10.2. The molecule has 1 aliphatic rings. The molecule has 48 heavy (non-hydrogen) atoms. The minimum atomic E-state index is -0.373. The fraction of sp³-hybridized carbons (Fsp3) is 0.0238. The van der Waals surface area contributed by atoms with Gasteiger partial charge in [-0.05, 0) is 40.6 Å². The molecular weight excluding hydrogens is 592 g/mol. The number of nitrogens with one attached hydrogen (secondary N) is 1. The summed E-state index contributed by atoms with van der Waals surface area (Å²) in [6.07, 6.45) is 3.35. The van der Waals surface area contributed by atoms with Crippen LogP contribution in [0.5, 0.6) is 0 Å². The van der Waals surface area contributed by atoms with Gasteiger partial charge in [-0.3, -0.25) is 4.98 Å². The number of amidine groups is 2. The summed E-state index contributed by atoms with van der Waals surface area (Å²) in [5.74, 6) is 1.43. The van der Waals surface area contributed by atoms with Crippen molar-refractivity contribution in [3.05, 3.63) is 163 Å². The molecule has 6 aromatic carbocycles. The summed E-state index contributed by atoms with van der Waals surface area (Å²) >= 11 is 0. The topological polar surface area (TPSA) is 75.9 Å². The van der Waals surface area contributed by atoms with E-state index in [1.807, 2.05) is 72.9 Å². The van der Waals surface area contributed by atoms with Crippen LogP contribution in [0.1, 0.15) is 22.9 Å². The van der Waals surface area contributed by atoms with Crippen molar-refractivity contribution in [3.63, 3.8) is 0 Å². The van der Waals surface area contributed by atoms with Gasteiger partial charge in [-0.1, -0.05) is 109 Å². The first-order valence-corrected chi connectivity index (χ1v) is 16.0. The molecular formula is C42H26N4O2. The number of furan rings is 2. The molecule has 6 heteroatoms. The number of fused-ring (bicyclic) bond motifs is 7.